The van der Waals surface area contributed by atoms with Crippen molar-refractivity contribution in [2.24, 2.45) is 0 Å². The molecular formula is C18H26O6P2. The molecule has 0 bridgehead atoms. The molecule has 0 saturated carbocycles. The van der Waals surface area contributed by atoms with Gasteiger partial charge in [0.25, 0.3) is 0 Å². The summed E-state index contributed by atoms with van der Waals surface area (Å²) in [6.45, 7) is 4.00. The third-order valence-electron chi connectivity index (χ3n) is 3.61. The van der Waals surface area contributed by atoms with Crippen LogP contribution in [0.25, 0.3) is 10.8 Å². The maximum atomic E-state index is 12.6. The lowest BCUT2D eigenvalue weighted by Gasteiger charge is -2.17. The number of carbonyl (C=O) groups excluding carboxylic acids is 1. The van der Waals surface area contributed by atoms with Crippen molar-refractivity contribution < 1.29 is 27.5 Å². The van der Waals surface area contributed by atoms with E-state index in [1.807, 2.05) is 38.1 Å². The zero-order valence-electron chi connectivity index (χ0n) is 16.0. The summed E-state index contributed by atoms with van der Waals surface area (Å²) in [5.74, 6) is 0. The first-order valence-electron chi connectivity index (χ1n) is 8.13. The van der Waals surface area contributed by atoms with Crippen LogP contribution in [0.5, 0.6) is 0 Å². The Hall–Kier alpha value is -1.13. The number of hydrogen-bond donors (Lipinski definition) is 0. The van der Waals surface area contributed by atoms with Gasteiger partial charge in [-0.3, -0.25) is 9.36 Å². The van der Waals surface area contributed by atoms with Gasteiger partial charge in [-0.1, -0.05) is 38.1 Å². The van der Waals surface area contributed by atoms with Crippen molar-refractivity contribution in [2.45, 2.75) is 20.0 Å². The van der Waals surface area contributed by atoms with Crippen molar-refractivity contribution in [1.29, 1.82) is 0 Å². The predicted octanol–water partition coefficient (Wildman–Crippen LogP) is 5.60. The highest BCUT2D eigenvalue weighted by Gasteiger charge is 2.26. The van der Waals surface area contributed by atoms with E-state index >= 15 is 0 Å². The smallest absolute Gasteiger partial charge is 0.332 e. The maximum Gasteiger partial charge on any atom is 0.334 e. The van der Waals surface area contributed by atoms with Gasteiger partial charge in [0, 0.05) is 34.0 Å². The molecule has 2 aromatic carbocycles. The highest BCUT2D eigenvalue weighted by atomic mass is 31.2. The van der Waals surface area contributed by atoms with E-state index in [0.717, 1.165) is 10.8 Å². The van der Waals surface area contributed by atoms with Gasteiger partial charge in [0.2, 0.25) is 13.9 Å². The zero-order chi connectivity index (χ0) is 19.7. The molecule has 0 N–H and O–H groups in total. The van der Waals surface area contributed by atoms with Crippen LogP contribution in [0.1, 0.15) is 29.8 Å². The molecule has 0 saturated heterocycles. The molecule has 0 radical (unpaired) electrons. The van der Waals surface area contributed by atoms with Crippen LogP contribution in [-0.2, 0) is 28.8 Å². The minimum absolute atomic E-state index is 0.0690. The standard InChI is InChI=1S/C16H20O6P2.C2H6/c1-19-23(20-2)16(17)13-9-12-7-5-6-8-15(12)14(10-13)11-24(18,21-3)22-4;1-2/h5-10H,11H2,1-4H3;1-2H3. The number of hydrogen-bond acceptors (Lipinski definition) is 6. The van der Waals surface area contributed by atoms with E-state index in [2.05, 4.69) is 0 Å². The van der Waals surface area contributed by atoms with Gasteiger partial charge < -0.3 is 18.1 Å². The number of benzene rings is 2. The molecule has 0 aliphatic heterocycles. The summed E-state index contributed by atoms with van der Waals surface area (Å²) in [4.78, 5) is 12.6. The molecule has 0 aliphatic rings. The summed E-state index contributed by atoms with van der Waals surface area (Å²) < 4.78 is 32.8. The summed E-state index contributed by atoms with van der Waals surface area (Å²) >= 11 is 0. The van der Waals surface area contributed by atoms with Crippen LogP contribution in [0.4, 0.5) is 0 Å². The fourth-order valence-electron chi connectivity index (χ4n) is 2.40. The minimum Gasteiger partial charge on any atom is -0.332 e. The molecule has 0 spiro atoms. The highest BCUT2D eigenvalue weighted by molar-refractivity contribution is 7.66. The molecule has 0 aromatic heterocycles. The highest BCUT2D eigenvalue weighted by Crippen LogP contribution is 2.51. The zero-order valence-corrected chi connectivity index (χ0v) is 17.8. The molecule has 0 fully saturated rings. The van der Waals surface area contributed by atoms with Gasteiger partial charge in [-0.15, -0.1) is 0 Å². The van der Waals surface area contributed by atoms with Gasteiger partial charge >= 0.3 is 7.60 Å². The minimum atomic E-state index is -3.26. The molecule has 6 nitrogen and oxygen atoms in total. The lowest BCUT2D eigenvalue weighted by Crippen LogP contribution is -2.02. The Balaban J connectivity index is 0.00000163. The quantitative estimate of drug-likeness (QED) is 0.538. The Labute approximate surface area is 156 Å². The first-order chi connectivity index (χ1) is 12.5. The van der Waals surface area contributed by atoms with E-state index in [9.17, 15) is 9.36 Å². The van der Waals surface area contributed by atoms with Crippen molar-refractivity contribution in [2.75, 3.05) is 28.4 Å². The van der Waals surface area contributed by atoms with Crippen molar-refractivity contribution >= 4 is 32.3 Å². The molecule has 0 heterocycles. The molecule has 8 heteroatoms. The van der Waals surface area contributed by atoms with E-state index < -0.39 is 16.0 Å². The monoisotopic (exact) mass is 400 g/mol. The van der Waals surface area contributed by atoms with Crippen LogP contribution in [0.3, 0.4) is 0 Å². The first kappa shape index (κ1) is 22.9. The van der Waals surface area contributed by atoms with Gasteiger partial charge in [-0.2, -0.15) is 0 Å². The van der Waals surface area contributed by atoms with Crippen molar-refractivity contribution in [1.82, 2.24) is 0 Å². The van der Waals surface area contributed by atoms with Crippen LogP contribution < -0.4 is 0 Å². The lowest BCUT2D eigenvalue weighted by molar-refractivity contribution is 0.105. The summed E-state index contributed by atoms with van der Waals surface area (Å²) in [6.07, 6.45) is 0.0690. The largest absolute Gasteiger partial charge is 0.334 e. The van der Waals surface area contributed by atoms with E-state index in [0.29, 0.717) is 11.1 Å². The van der Waals surface area contributed by atoms with Crippen molar-refractivity contribution in [3.8, 4) is 0 Å². The van der Waals surface area contributed by atoms with E-state index in [-0.39, 0.29) is 11.7 Å². The fourth-order valence-corrected chi connectivity index (χ4v) is 4.31. The van der Waals surface area contributed by atoms with Crippen LogP contribution in [-0.4, -0.2) is 34.0 Å². The van der Waals surface area contributed by atoms with Crippen molar-refractivity contribution in [3.05, 3.63) is 47.5 Å². The van der Waals surface area contributed by atoms with Gasteiger partial charge in [0.15, 0.2) is 0 Å². The van der Waals surface area contributed by atoms with E-state index in [1.54, 1.807) is 12.1 Å². The molecular weight excluding hydrogens is 374 g/mol. The number of fused-ring (bicyclic) bond motifs is 1. The topological polar surface area (TPSA) is 71.1 Å². The second kappa shape index (κ2) is 10.9. The summed E-state index contributed by atoms with van der Waals surface area (Å²) in [5, 5.41) is 1.75. The van der Waals surface area contributed by atoms with Crippen molar-refractivity contribution in [3.63, 3.8) is 0 Å². The van der Waals surface area contributed by atoms with Gasteiger partial charge in [0.05, 0.1) is 6.16 Å². The van der Waals surface area contributed by atoms with E-state index in [4.69, 9.17) is 18.1 Å². The molecule has 0 aliphatic carbocycles. The van der Waals surface area contributed by atoms with Gasteiger partial charge in [0.1, 0.15) is 0 Å². The lowest BCUT2D eigenvalue weighted by atomic mass is 10.0. The summed E-state index contributed by atoms with van der Waals surface area (Å²) in [7, 11) is 0.611. The Morgan fingerprint density at radius 3 is 2.12 bits per heavy atom. The fraction of sp³-hybridized carbons (Fsp3) is 0.389. The average molecular weight is 400 g/mol. The third kappa shape index (κ3) is 5.43. The Morgan fingerprint density at radius 1 is 1.00 bits per heavy atom. The van der Waals surface area contributed by atoms with E-state index in [1.165, 1.54) is 28.4 Å². The summed E-state index contributed by atoms with van der Waals surface area (Å²) in [6, 6.07) is 11.0. The number of carbonyl (C=O) groups is 1. The Morgan fingerprint density at radius 2 is 1.58 bits per heavy atom. The first-order valence-corrected chi connectivity index (χ1v) is 11.0. The summed E-state index contributed by atoms with van der Waals surface area (Å²) in [5.41, 5.74) is 0.912. The normalized spacial score (nSPS) is 11.3. The molecule has 144 valence electrons. The second-order valence-corrected chi connectivity index (χ2v) is 8.84. The molecule has 0 atom stereocenters. The van der Waals surface area contributed by atoms with Crippen LogP contribution >= 0.6 is 16.0 Å². The van der Waals surface area contributed by atoms with Gasteiger partial charge in [-0.05, 0) is 28.5 Å². The molecule has 0 unspecified atom stereocenters. The third-order valence-corrected chi connectivity index (χ3v) is 6.71. The maximum absolute atomic E-state index is 12.6. The molecule has 26 heavy (non-hydrogen) atoms. The average Bonchev–Trinajstić information content (AvgIpc) is 2.70. The second-order valence-electron chi connectivity index (χ2n) is 4.92. The van der Waals surface area contributed by atoms with Crippen LogP contribution in [0.15, 0.2) is 36.4 Å². The van der Waals surface area contributed by atoms with Crippen LogP contribution in [0, 0.1) is 0 Å². The molecule has 0 amide bonds. The SMILES string of the molecule is CC.COP(OC)C(=O)c1cc(CP(=O)(OC)OC)c2ccccc2c1. The predicted molar refractivity (Wildman–Crippen MR) is 106 cm³/mol. The Bertz CT molecular complexity index is 765. The van der Waals surface area contributed by atoms with Gasteiger partial charge in [-0.25, -0.2) is 0 Å². The molecule has 2 aromatic rings. The molecule has 2 rings (SSSR count). The van der Waals surface area contributed by atoms with Crippen LogP contribution in [0.2, 0.25) is 0 Å². The number of rotatable bonds is 8. The Kier molecular flexibility index (Phi) is 9.59.